The molecule has 5 atom stereocenters. The number of hydrogen-bond donors (Lipinski definition) is 1. The SMILES string of the molecule is CC1CC(C)C(C)N(C2Cc3ccccc3C2N)C1. The summed E-state index contributed by atoms with van der Waals surface area (Å²) in [6.45, 7) is 8.36. The minimum absolute atomic E-state index is 0.191. The molecule has 3 rings (SSSR count). The molecule has 104 valence electrons. The molecule has 0 aromatic heterocycles. The van der Waals surface area contributed by atoms with Crippen LogP contribution in [0.5, 0.6) is 0 Å². The van der Waals surface area contributed by atoms with Gasteiger partial charge in [0.05, 0.1) is 0 Å². The van der Waals surface area contributed by atoms with Gasteiger partial charge in [-0.2, -0.15) is 0 Å². The van der Waals surface area contributed by atoms with Gasteiger partial charge in [-0.3, -0.25) is 4.90 Å². The van der Waals surface area contributed by atoms with Gasteiger partial charge in [-0.1, -0.05) is 38.1 Å². The van der Waals surface area contributed by atoms with Crippen LogP contribution in [0.4, 0.5) is 0 Å². The Bertz CT molecular complexity index is 456. The van der Waals surface area contributed by atoms with Crippen LogP contribution in [0.15, 0.2) is 24.3 Å². The van der Waals surface area contributed by atoms with Crippen molar-refractivity contribution in [2.45, 2.75) is 51.7 Å². The van der Waals surface area contributed by atoms with Crippen LogP contribution in [0.2, 0.25) is 0 Å². The topological polar surface area (TPSA) is 29.3 Å². The lowest BCUT2D eigenvalue weighted by atomic mass is 9.84. The van der Waals surface area contributed by atoms with E-state index in [0.29, 0.717) is 12.1 Å². The smallest absolute Gasteiger partial charge is 0.0459 e. The number of hydrogen-bond acceptors (Lipinski definition) is 2. The van der Waals surface area contributed by atoms with E-state index in [1.54, 1.807) is 0 Å². The normalized spacial score (nSPS) is 39.3. The standard InChI is InChI=1S/C17H26N2/c1-11-8-12(2)13(3)19(10-11)16-9-14-6-4-5-7-15(14)17(16)18/h4-7,11-13,16-17H,8-10,18H2,1-3H3. The zero-order valence-corrected chi connectivity index (χ0v) is 12.3. The van der Waals surface area contributed by atoms with Crippen molar-refractivity contribution in [2.24, 2.45) is 17.6 Å². The van der Waals surface area contributed by atoms with Crippen LogP contribution in [-0.4, -0.2) is 23.5 Å². The number of fused-ring (bicyclic) bond motifs is 1. The highest BCUT2D eigenvalue weighted by Crippen LogP contribution is 2.37. The zero-order chi connectivity index (χ0) is 13.6. The molecule has 0 amide bonds. The molecule has 1 aliphatic carbocycles. The van der Waals surface area contributed by atoms with Crippen LogP contribution < -0.4 is 5.73 Å². The molecule has 19 heavy (non-hydrogen) atoms. The first-order valence-corrected chi connectivity index (χ1v) is 7.67. The van der Waals surface area contributed by atoms with Crippen molar-refractivity contribution < 1.29 is 0 Å². The van der Waals surface area contributed by atoms with Gasteiger partial charge < -0.3 is 5.73 Å². The summed E-state index contributed by atoms with van der Waals surface area (Å²) >= 11 is 0. The van der Waals surface area contributed by atoms with E-state index in [9.17, 15) is 0 Å². The Morgan fingerprint density at radius 2 is 1.89 bits per heavy atom. The average Bonchev–Trinajstić information content (AvgIpc) is 2.72. The molecule has 1 fully saturated rings. The lowest BCUT2D eigenvalue weighted by Crippen LogP contribution is -2.53. The maximum atomic E-state index is 6.53. The molecule has 1 aliphatic heterocycles. The summed E-state index contributed by atoms with van der Waals surface area (Å²) in [5.74, 6) is 1.57. The number of likely N-dealkylation sites (tertiary alicyclic amines) is 1. The minimum atomic E-state index is 0.191. The monoisotopic (exact) mass is 258 g/mol. The van der Waals surface area contributed by atoms with Gasteiger partial charge in [0.1, 0.15) is 0 Å². The van der Waals surface area contributed by atoms with Crippen LogP contribution in [0.25, 0.3) is 0 Å². The van der Waals surface area contributed by atoms with E-state index in [2.05, 4.69) is 49.9 Å². The summed E-state index contributed by atoms with van der Waals surface area (Å²) in [6.07, 6.45) is 2.48. The largest absolute Gasteiger partial charge is 0.323 e. The third-order valence-electron chi connectivity index (χ3n) is 5.33. The first-order valence-electron chi connectivity index (χ1n) is 7.67. The summed E-state index contributed by atoms with van der Waals surface area (Å²) in [7, 11) is 0. The molecule has 2 N–H and O–H groups in total. The first-order chi connectivity index (χ1) is 9.08. The van der Waals surface area contributed by atoms with Crippen LogP contribution in [0, 0.1) is 11.8 Å². The van der Waals surface area contributed by atoms with E-state index in [4.69, 9.17) is 5.73 Å². The average molecular weight is 258 g/mol. The fourth-order valence-electron chi connectivity index (χ4n) is 4.12. The maximum Gasteiger partial charge on any atom is 0.0459 e. The molecule has 0 saturated carbocycles. The number of benzene rings is 1. The van der Waals surface area contributed by atoms with Crippen LogP contribution in [0.1, 0.15) is 44.4 Å². The molecule has 1 saturated heterocycles. The highest BCUT2D eigenvalue weighted by molar-refractivity contribution is 5.37. The lowest BCUT2D eigenvalue weighted by molar-refractivity contribution is 0.0345. The summed E-state index contributed by atoms with van der Waals surface area (Å²) in [6, 6.07) is 10.1. The van der Waals surface area contributed by atoms with E-state index in [1.165, 1.54) is 24.1 Å². The van der Waals surface area contributed by atoms with Gasteiger partial charge in [-0.15, -0.1) is 0 Å². The van der Waals surface area contributed by atoms with E-state index in [1.807, 2.05) is 0 Å². The molecule has 0 spiro atoms. The van der Waals surface area contributed by atoms with Gasteiger partial charge in [0.15, 0.2) is 0 Å². The van der Waals surface area contributed by atoms with Crippen molar-refractivity contribution in [3.63, 3.8) is 0 Å². The fraction of sp³-hybridized carbons (Fsp3) is 0.647. The van der Waals surface area contributed by atoms with Crippen molar-refractivity contribution in [1.82, 2.24) is 4.90 Å². The Labute approximate surface area is 117 Å². The first kappa shape index (κ1) is 13.1. The van der Waals surface area contributed by atoms with Crippen molar-refractivity contribution in [2.75, 3.05) is 6.54 Å². The molecule has 2 nitrogen and oxygen atoms in total. The second-order valence-electron chi connectivity index (χ2n) is 6.75. The van der Waals surface area contributed by atoms with Crippen molar-refractivity contribution in [3.05, 3.63) is 35.4 Å². The Morgan fingerprint density at radius 1 is 1.16 bits per heavy atom. The number of nitrogens with zero attached hydrogens (tertiary/aromatic N) is 1. The molecule has 1 aromatic rings. The predicted octanol–water partition coefficient (Wildman–Crippen LogP) is 2.98. The highest BCUT2D eigenvalue weighted by Gasteiger charge is 2.39. The Kier molecular flexibility index (Phi) is 3.40. The zero-order valence-electron chi connectivity index (χ0n) is 12.3. The Morgan fingerprint density at radius 3 is 2.63 bits per heavy atom. The van der Waals surface area contributed by atoms with Crippen LogP contribution in [-0.2, 0) is 6.42 Å². The fourth-order valence-corrected chi connectivity index (χ4v) is 4.12. The summed E-state index contributed by atoms with van der Waals surface area (Å²) < 4.78 is 0. The van der Waals surface area contributed by atoms with Crippen LogP contribution >= 0.6 is 0 Å². The maximum absolute atomic E-state index is 6.53. The second-order valence-corrected chi connectivity index (χ2v) is 6.75. The molecule has 1 aromatic carbocycles. The number of rotatable bonds is 1. The second kappa shape index (κ2) is 4.92. The summed E-state index contributed by atoms with van der Waals surface area (Å²) in [5, 5.41) is 0. The van der Waals surface area contributed by atoms with E-state index >= 15 is 0 Å². The molecule has 1 heterocycles. The van der Waals surface area contributed by atoms with Crippen molar-refractivity contribution in [3.8, 4) is 0 Å². The summed E-state index contributed by atoms with van der Waals surface area (Å²) in [5.41, 5.74) is 9.36. The molecule has 2 aliphatic rings. The van der Waals surface area contributed by atoms with Gasteiger partial charge in [-0.05, 0) is 42.7 Å². The molecule has 2 heteroatoms. The third kappa shape index (κ3) is 2.21. The lowest BCUT2D eigenvalue weighted by Gasteiger charge is -2.45. The van der Waals surface area contributed by atoms with E-state index in [0.717, 1.165) is 18.3 Å². The van der Waals surface area contributed by atoms with Gasteiger partial charge in [0.2, 0.25) is 0 Å². The minimum Gasteiger partial charge on any atom is -0.323 e. The molecule has 5 unspecified atom stereocenters. The van der Waals surface area contributed by atoms with Gasteiger partial charge in [-0.25, -0.2) is 0 Å². The molecular formula is C17H26N2. The van der Waals surface area contributed by atoms with Crippen molar-refractivity contribution >= 4 is 0 Å². The Balaban J connectivity index is 1.84. The summed E-state index contributed by atoms with van der Waals surface area (Å²) in [4.78, 5) is 2.68. The molecule has 0 bridgehead atoms. The van der Waals surface area contributed by atoms with Gasteiger partial charge in [0.25, 0.3) is 0 Å². The van der Waals surface area contributed by atoms with Gasteiger partial charge >= 0.3 is 0 Å². The quantitative estimate of drug-likeness (QED) is 0.839. The van der Waals surface area contributed by atoms with Gasteiger partial charge in [0, 0.05) is 24.7 Å². The number of nitrogens with two attached hydrogens (primary N) is 1. The highest BCUT2D eigenvalue weighted by atomic mass is 15.2. The molecule has 0 radical (unpaired) electrons. The van der Waals surface area contributed by atoms with E-state index < -0.39 is 0 Å². The van der Waals surface area contributed by atoms with E-state index in [-0.39, 0.29) is 6.04 Å². The Hall–Kier alpha value is -0.860. The third-order valence-corrected chi connectivity index (χ3v) is 5.33. The van der Waals surface area contributed by atoms with Crippen molar-refractivity contribution in [1.29, 1.82) is 0 Å². The predicted molar refractivity (Wildman–Crippen MR) is 80.0 cm³/mol. The van der Waals surface area contributed by atoms with Crippen LogP contribution in [0.3, 0.4) is 0 Å². The number of piperidine rings is 1. The molecular weight excluding hydrogens is 232 g/mol.